The molecule has 1 aliphatic carbocycles. The lowest BCUT2D eigenvalue weighted by Crippen LogP contribution is -2.24. The zero-order valence-corrected chi connectivity index (χ0v) is 9.14. The first-order valence-corrected chi connectivity index (χ1v) is 5.41. The first-order chi connectivity index (χ1) is 6.03. The monoisotopic (exact) mass is 182 g/mol. The topological polar surface area (TPSA) is 20.2 Å². The Morgan fingerprint density at radius 2 is 2.23 bits per heavy atom. The van der Waals surface area contributed by atoms with Gasteiger partial charge in [0, 0.05) is 0 Å². The van der Waals surface area contributed by atoms with Gasteiger partial charge in [-0.1, -0.05) is 38.8 Å². The van der Waals surface area contributed by atoms with Crippen molar-refractivity contribution in [3.63, 3.8) is 0 Å². The minimum absolute atomic E-state index is 0.199. The van der Waals surface area contributed by atoms with Crippen molar-refractivity contribution < 1.29 is 5.11 Å². The number of unbranched alkanes of at least 4 members (excludes halogenated alkanes) is 1. The molecule has 1 N–H and O–H groups in total. The summed E-state index contributed by atoms with van der Waals surface area (Å²) in [5, 5.41) is 9.64. The first-order valence-electron chi connectivity index (χ1n) is 5.41. The zero-order chi connectivity index (χ0) is 9.90. The van der Waals surface area contributed by atoms with Crippen molar-refractivity contribution in [1.29, 1.82) is 0 Å². The van der Waals surface area contributed by atoms with Gasteiger partial charge < -0.3 is 5.11 Å². The van der Waals surface area contributed by atoms with Gasteiger partial charge in [0.2, 0.25) is 0 Å². The number of rotatable bonds is 3. The largest absolute Gasteiger partial charge is 0.389 e. The van der Waals surface area contributed by atoms with Crippen LogP contribution in [0.15, 0.2) is 11.6 Å². The van der Waals surface area contributed by atoms with Gasteiger partial charge in [-0.3, -0.25) is 0 Å². The van der Waals surface area contributed by atoms with Gasteiger partial charge in [0.25, 0.3) is 0 Å². The third kappa shape index (κ3) is 3.51. The van der Waals surface area contributed by atoms with Gasteiger partial charge in [-0.15, -0.1) is 0 Å². The van der Waals surface area contributed by atoms with E-state index < -0.39 is 0 Å². The molecule has 0 bridgehead atoms. The minimum atomic E-state index is -0.199. The Morgan fingerprint density at radius 3 is 2.77 bits per heavy atom. The van der Waals surface area contributed by atoms with Crippen LogP contribution in [-0.2, 0) is 0 Å². The molecular formula is C12H22O. The van der Waals surface area contributed by atoms with Crippen LogP contribution in [0.5, 0.6) is 0 Å². The summed E-state index contributed by atoms with van der Waals surface area (Å²) in [5.41, 5.74) is 1.77. The lowest BCUT2D eigenvalue weighted by atomic mass is 9.75. The van der Waals surface area contributed by atoms with E-state index in [4.69, 9.17) is 0 Å². The van der Waals surface area contributed by atoms with Crippen molar-refractivity contribution in [1.82, 2.24) is 0 Å². The lowest BCUT2D eigenvalue weighted by Gasteiger charge is -2.32. The Bertz CT molecular complexity index is 191. The average Bonchev–Trinajstić information content (AvgIpc) is 1.97. The summed E-state index contributed by atoms with van der Waals surface area (Å²) in [7, 11) is 0. The van der Waals surface area contributed by atoms with Crippen LogP contribution in [-0.4, -0.2) is 11.2 Å². The smallest absolute Gasteiger partial charge is 0.0728 e. The molecule has 0 amide bonds. The van der Waals surface area contributed by atoms with E-state index in [-0.39, 0.29) is 6.10 Å². The lowest BCUT2D eigenvalue weighted by molar-refractivity contribution is 0.137. The molecule has 0 aromatic rings. The molecule has 76 valence electrons. The van der Waals surface area contributed by atoms with Crippen LogP contribution in [0.1, 0.15) is 52.9 Å². The van der Waals surface area contributed by atoms with E-state index in [9.17, 15) is 5.11 Å². The second-order valence-corrected chi connectivity index (χ2v) is 5.04. The Hall–Kier alpha value is -0.300. The van der Waals surface area contributed by atoms with Crippen LogP contribution in [0.4, 0.5) is 0 Å². The van der Waals surface area contributed by atoms with Crippen molar-refractivity contribution in [2.75, 3.05) is 0 Å². The van der Waals surface area contributed by atoms with Crippen LogP contribution >= 0.6 is 0 Å². The molecule has 0 aliphatic heterocycles. The maximum Gasteiger partial charge on any atom is 0.0728 e. The fourth-order valence-electron chi connectivity index (χ4n) is 2.22. The summed E-state index contributed by atoms with van der Waals surface area (Å²) < 4.78 is 0. The van der Waals surface area contributed by atoms with Crippen molar-refractivity contribution in [3.05, 3.63) is 11.6 Å². The van der Waals surface area contributed by atoms with E-state index in [0.29, 0.717) is 5.41 Å². The predicted octanol–water partition coefficient (Wildman–Crippen LogP) is 3.28. The fraction of sp³-hybridized carbons (Fsp3) is 0.833. The van der Waals surface area contributed by atoms with E-state index in [1.165, 1.54) is 31.3 Å². The first kappa shape index (κ1) is 10.8. The molecule has 0 aromatic carbocycles. The summed E-state index contributed by atoms with van der Waals surface area (Å²) in [4.78, 5) is 0. The highest BCUT2D eigenvalue weighted by molar-refractivity contribution is 5.12. The zero-order valence-electron chi connectivity index (χ0n) is 9.14. The van der Waals surface area contributed by atoms with Crippen LogP contribution in [0.3, 0.4) is 0 Å². The minimum Gasteiger partial charge on any atom is -0.389 e. The summed E-state index contributed by atoms with van der Waals surface area (Å²) in [5.74, 6) is 0. The second kappa shape index (κ2) is 4.28. The summed E-state index contributed by atoms with van der Waals surface area (Å²) >= 11 is 0. The van der Waals surface area contributed by atoms with Gasteiger partial charge in [0.1, 0.15) is 0 Å². The molecule has 0 heterocycles. The van der Waals surface area contributed by atoms with Crippen molar-refractivity contribution >= 4 is 0 Å². The second-order valence-electron chi connectivity index (χ2n) is 5.04. The number of hydrogen-bond acceptors (Lipinski definition) is 1. The standard InChI is InChI=1S/C12H22O/c1-4-5-6-10-7-11(13)9-12(2,3)8-10/h7,11,13H,4-6,8-9H2,1-3H3. The summed E-state index contributed by atoms with van der Waals surface area (Å²) in [6.45, 7) is 6.70. The number of aliphatic hydroxyl groups excluding tert-OH is 1. The third-order valence-electron chi connectivity index (χ3n) is 2.75. The van der Waals surface area contributed by atoms with Gasteiger partial charge in [-0.05, 0) is 31.1 Å². The molecule has 1 unspecified atom stereocenters. The van der Waals surface area contributed by atoms with Crippen LogP contribution in [0, 0.1) is 5.41 Å². The molecule has 13 heavy (non-hydrogen) atoms. The molecule has 0 aromatic heterocycles. The highest BCUT2D eigenvalue weighted by Crippen LogP contribution is 2.36. The van der Waals surface area contributed by atoms with Crippen LogP contribution in [0.2, 0.25) is 0 Å². The quantitative estimate of drug-likeness (QED) is 0.664. The maximum absolute atomic E-state index is 9.64. The number of aliphatic hydroxyl groups is 1. The van der Waals surface area contributed by atoms with Crippen LogP contribution in [0.25, 0.3) is 0 Å². The van der Waals surface area contributed by atoms with E-state index in [1.807, 2.05) is 0 Å². The van der Waals surface area contributed by atoms with Gasteiger partial charge in [0.05, 0.1) is 6.10 Å². The Morgan fingerprint density at radius 1 is 1.54 bits per heavy atom. The molecule has 0 radical (unpaired) electrons. The number of hydrogen-bond donors (Lipinski definition) is 1. The molecule has 0 saturated heterocycles. The Balaban J connectivity index is 2.53. The predicted molar refractivity (Wildman–Crippen MR) is 56.6 cm³/mol. The highest BCUT2D eigenvalue weighted by Gasteiger charge is 2.26. The number of allylic oxidation sites excluding steroid dienone is 1. The molecule has 0 saturated carbocycles. The van der Waals surface area contributed by atoms with Gasteiger partial charge >= 0.3 is 0 Å². The van der Waals surface area contributed by atoms with Crippen molar-refractivity contribution in [3.8, 4) is 0 Å². The van der Waals surface area contributed by atoms with Gasteiger partial charge in [0.15, 0.2) is 0 Å². The van der Waals surface area contributed by atoms with Gasteiger partial charge in [-0.25, -0.2) is 0 Å². The molecule has 1 rings (SSSR count). The third-order valence-corrected chi connectivity index (χ3v) is 2.75. The molecular weight excluding hydrogens is 160 g/mol. The average molecular weight is 182 g/mol. The van der Waals surface area contributed by atoms with E-state index in [1.54, 1.807) is 0 Å². The SMILES string of the molecule is CCCCC1=CC(O)CC(C)(C)C1. The molecule has 1 atom stereocenters. The van der Waals surface area contributed by atoms with E-state index in [2.05, 4.69) is 26.8 Å². The summed E-state index contributed by atoms with van der Waals surface area (Å²) in [6.07, 6.45) is 7.64. The maximum atomic E-state index is 9.64. The molecule has 1 nitrogen and oxygen atoms in total. The summed E-state index contributed by atoms with van der Waals surface area (Å²) in [6, 6.07) is 0. The molecule has 1 aliphatic rings. The Labute approximate surface area is 81.9 Å². The van der Waals surface area contributed by atoms with Gasteiger partial charge in [-0.2, -0.15) is 0 Å². The van der Waals surface area contributed by atoms with E-state index >= 15 is 0 Å². The normalized spacial score (nSPS) is 27.1. The Kier molecular flexibility index (Phi) is 3.55. The van der Waals surface area contributed by atoms with E-state index in [0.717, 1.165) is 6.42 Å². The fourth-order valence-corrected chi connectivity index (χ4v) is 2.22. The van der Waals surface area contributed by atoms with Crippen LogP contribution < -0.4 is 0 Å². The molecule has 0 fully saturated rings. The van der Waals surface area contributed by atoms with Crippen molar-refractivity contribution in [2.45, 2.75) is 59.0 Å². The highest BCUT2D eigenvalue weighted by atomic mass is 16.3. The van der Waals surface area contributed by atoms with Crippen molar-refractivity contribution in [2.24, 2.45) is 5.41 Å². The molecule has 0 spiro atoms. The molecule has 1 heteroatoms.